The van der Waals surface area contributed by atoms with Crippen molar-refractivity contribution in [3.63, 3.8) is 0 Å². The monoisotopic (exact) mass is 530 g/mol. The maximum atomic E-state index is 13.9. The third kappa shape index (κ3) is 7.08. The molecule has 0 unspecified atom stereocenters. The van der Waals surface area contributed by atoms with Crippen LogP contribution in [-0.4, -0.2) is 39.7 Å². The molecule has 0 aliphatic rings. The number of hydrogen-bond acceptors (Lipinski definition) is 6. The van der Waals surface area contributed by atoms with Gasteiger partial charge in [-0.2, -0.15) is 0 Å². The number of unbranched alkanes of at least 4 members (excludes halogenated alkanes) is 1. The fraction of sp³-hybridized carbons (Fsp3) is 0.231. The van der Waals surface area contributed by atoms with E-state index < -0.39 is 34.3 Å². The van der Waals surface area contributed by atoms with Crippen LogP contribution in [0.2, 0.25) is 0 Å². The predicted octanol–water partition coefficient (Wildman–Crippen LogP) is 5.34. The van der Waals surface area contributed by atoms with Crippen molar-refractivity contribution >= 4 is 45.0 Å². The maximum absolute atomic E-state index is 13.9. The van der Waals surface area contributed by atoms with Gasteiger partial charge in [-0.25, -0.2) is 17.6 Å². The van der Waals surface area contributed by atoms with Gasteiger partial charge < -0.3 is 10.1 Å². The Balaban J connectivity index is 1.79. The first-order chi connectivity index (χ1) is 17.2. The van der Waals surface area contributed by atoms with Gasteiger partial charge in [-0.15, -0.1) is 11.8 Å². The topological polar surface area (TPSA) is 92.8 Å². The summed E-state index contributed by atoms with van der Waals surface area (Å²) in [7, 11) is -4.18. The molecule has 7 nitrogen and oxygen atoms in total. The fourth-order valence-electron chi connectivity index (χ4n) is 3.23. The van der Waals surface area contributed by atoms with Gasteiger partial charge in [0.05, 0.1) is 22.8 Å². The SMILES string of the molecule is CCCCOC(=O)c1ccc(NC(=O)CN(c2cccc(F)c2)S(=O)(=O)c2ccc(SC)cc2)cc1. The van der Waals surface area contributed by atoms with E-state index in [1.807, 2.05) is 13.2 Å². The van der Waals surface area contributed by atoms with Gasteiger partial charge in [0.25, 0.3) is 10.0 Å². The number of hydrogen-bond donors (Lipinski definition) is 1. The van der Waals surface area contributed by atoms with Gasteiger partial charge in [0.15, 0.2) is 0 Å². The average molecular weight is 531 g/mol. The van der Waals surface area contributed by atoms with E-state index in [1.54, 1.807) is 12.1 Å². The predicted molar refractivity (Wildman–Crippen MR) is 139 cm³/mol. The smallest absolute Gasteiger partial charge is 0.338 e. The molecular formula is C26H27FN2O5S2. The number of ether oxygens (including phenoxy) is 1. The van der Waals surface area contributed by atoms with Crippen LogP contribution in [0.1, 0.15) is 30.1 Å². The molecule has 0 bridgehead atoms. The normalized spacial score (nSPS) is 11.1. The lowest BCUT2D eigenvalue weighted by atomic mass is 10.2. The van der Waals surface area contributed by atoms with Crippen LogP contribution in [0.25, 0.3) is 0 Å². The summed E-state index contributed by atoms with van der Waals surface area (Å²) in [6.45, 7) is 1.74. The molecule has 0 aliphatic carbocycles. The zero-order valence-corrected chi connectivity index (χ0v) is 21.6. The second-order valence-corrected chi connectivity index (χ2v) is 10.5. The number of thioether (sulfide) groups is 1. The van der Waals surface area contributed by atoms with E-state index in [4.69, 9.17) is 4.74 Å². The van der Waals surface area contributed by atoms with Gasteiger partial charge in [-0.3, -0.25) is 9.10 Å². The molecule has 1 N–H and O–H groups in total. The molecule has 10 heteroatoms. The Morgan fingerprint density at radius 1 is 1.03 bits per heavy atom. The summed E-state index contributed by atoms with van der Waals surface area (Å²) in [6.07, 6.45) is 3.55. The van der Waals surface area contributed by atoms with Crippen LogP contribution in [0.5, 0.6) is 0 Å². The minimum atomic E-state index is -4.18. The van der Waals surface area contributed by atoms with Crippen molar-refractivity contribution in [2.75, 3.05) is 29.0 Å². The quantitative estimate of drug-likeness (QED) is 0.204. The number of carbonyl (C=O) groups excluding carboxylic acids is 2. The number of benzene rings is 3. The molecular weight excluding hydrogens is 503 g/mol. The summed E-state index contributed by atoms with van der Waals surface area (Å²) in [5.41, 5.74) is 0.719. The van der Waals surface area contributed by atoms with E-state index in [2.05, 4.69) is 5.32 Å². The van der Waals surface area contributed by atoms with Gasteiger partial charge in [0.1, 0.15) is 12.4 Å². The van der Waals surface area contributed by atoms with Crippen LogP contribution >= 0.6 is 11.8 Å². The number of halogens is 1. The largest absolute Gasteiger partial charge is 0.462 e. The number of esters is 1. The van der Waals surface area contributed by atoms with Gasteiger partial charge in [0, 0.05) is 10.6 Å². The number of nitrogens with zero attached hydrogens (tertiary/aromatic N) is 1. The Labute approximate surface area is 214 Å². The summed E-state index contributed by atoms with van der Waals surface area (Å²) in [6, 6.07) is 17.3. The van der Waals surface area contributed by atoms with Crippen molar-refractivity contribution in [3.05, 3.63) is 84.2 Å². The summed E-state index contributed by atoms with van der Waals surface area (Å²) in [5, 5.41) is 2.62. The molecule has 3 aromatic carbocycles. The minimum Gasteiger partial charge on any atom is -0.462 e. The van der Waals surface area contributed by atoms with Gasteiger partial charge >= 0.3 is 5.97 Å². The third-order valence-electron chi connectivity index (χ3n) is 5.17. The molecule has 0 aromatic heterocycles. The highest BCUT2D eigenvalue weighted by atomic mass is 32.2. The number of carbonyl (C=O) groups is 2. The Morgan fingerprint density at radius 2 is 1.72 bits per heavy atom. The molecule has 3 aromatic rings. The lowest BCUT2D eigenvalue weighted by molar-refractivity contribution is -0.114. The average Bonchev–Trinajstić information content (AvgIpc) is 2.87. The van der Waals surface area contributed by atoms with Crippen molar-refractivity contribution in [3.8, 4) is 0 Å². The number of anilines is 2. The Bertz CT molecular complexity index is 1300. The fourth-order valence-corrected chi connectivity index (χ4v) is 5.06. The first-order valence-corrected chi connectivity index (χ1v) is 13.9. The van der Waals surface area contributed by atoms with Gasteiger partial charge in [-0.1, -0.05) is 19.4 Å². The standard InChI is InChI=1S/C26H27FN2O5S2/c1-3-4-16-34-26(31)19-8-10-21(11-9-19)28-25(30)18-29(22-7-5-6-20(27)17-22)36(32,33)24-14-12-23(35-2)13-15-24/h5-15,17H,3-4,16,18H2,1-2H3,(H,28,30). The van der Waals surface area contributed by atoms with E-state index in [0.29, 0.717) is 17.9 Å². The van der Waals surface area contributed by atoms with E-state index in [9.17, 15) is 22.4 Å². The van der Waals surface area contributed by atoms with E-state index >= 15 is 0 Å². The lowest BCUT2D eigenvalue weighted by Crippen LogP contribution is -2.38. The Morgan fingerprint density at radius 3 is 2.33 bits per heavy atom. The van der Waals surface area contributed by atoms with Gasteiger partial charge in [-0.05, 0) is 79.4 Å². The summed E-state index contributed by atoms with van der Waals surface area (Å²) in [4.78, 5) is 25.8. The molecule has 0 heterocycles. The molecule has 0 radical (unpaired) electrons. The third-order valence-corrected chi connectivity index (χ3v) is 7.70. The van der Waals surface area contributed by atoms with Crippen molar-refractivity contribution in [2.24, 2.45) is 0 Å². The number of nitrogens with one attached hydrogen (secondary N) is 1. The Kier molecular flexibility index (Phi) is 9.49. The number of rotatable bonds is 11. The lowest BCUT2D eigenvalue weighted by Gasteiger charge is -2.24. The summed E-state index contributed by atoms with van der Waals surface area (Å²) in [5.74, 6) is -1.73. The van der Waals surface area contributed by atoms with Crippen molar-refractivity contribution in [1.82, 2.24) is 0 Å². The van der Waals surface area contributed by atoms with Crippen LogP contribution in [0, 0.1) is 5.82 Å². The first kappa shape index (κ1) is 27.2. The zero-order valence-electron chi connectivity index (χ0n) is 19.9. The zero-order chi connectivity index (χ0) is 26.1. The Hall–Kier alpha value is -3.37. The van der Waals surface area contributed by atoms with Crippen LogP contribution in [0.15, 0.2) is 82.6 Å². The molecule has 1 amide bonds. The van der Waals surface area contributed by atoms with Crippen molar-refractivity contribution < 1.29 is 27.1 Å². The molecule has 0 atom stereocenters. The molecule has 0 spiro atoms. The maximum Gasteiger partial charge on any atom is 0.338 e. The van der Waals surface area contributed by atoms with Crippen molar-refractivity contribution in [1.29, 1.82) is 0 Å². The van der Waals surface area contributed by atoms with Crippen LogP contribution in [0.4, 0.5) is 15.8 Å². The minimum absolute atomic E-state index is 0.0178. The molecule has 190 valence electrons. The molecule has 3 rings (SSSR count). The molecule has 0 saturated heterocycles. The van der Waals surface area contributed by atoms with E-state index in [0.717, 1.165) is 28.1 Å². The highest BCUT2D eigenvalue weighted by molar-refractivity contribution is 7.98. The highest BCUT2D eigenvalue weighted by Crippen LogP contribution is 2.26. The molecule has 0 saturated carbocycles. The molecule has 0 fully saturated rings. The van der Waals surface area contributed by atoms with E-state index in [-0.39, 0.29) is 10.6 Å². The number of amides is 1. The van der Waals surface area contributed by atoms with Crippen LogP contribution < -0.4 is 9.62 Å². The number of sulfonamides is 1. The summed E-state index contributed by atoms with van der Waals surface area (Å²) >= 11 is 1.46. The summed E-state index contributed by atoms with van der Waals surface area (Å²) < 4.78 is 46.8. The van der Waals surface area contributed by atoms with Crippen molar-refractivity contribution in [2.45, 2.75) is 29.6 Å². The van der Waals surface area contributed by atoms with Crippen LogP contribution in [-0.2, 0) is 19.6 Å². The molecule has 0 aliphatic heterocycles. The van der Waals surface area contributed by atoms with E-state index in [1.165, 1.54) is 66.4 Å². The first-order valence-electron chi connectivity index (χ1n) is 11.2. The molecule has 36 heavy (non-hydrogen) atoms. The second kappa shape index (κ2) is 12.5. The van der Waals surface area contributed by atoms with Crippen LogP contribution in [0.3, 0.4) is 0 Å². The second-order valence-electron chi connectivity index (χ2n) is 7.78. The highest BCUT2D eigenvalue weighted by Gasteiger charge is 2.27. The van der Waals surface area contributed by atoms with Gasteiger partial charge in [0.2, 0.25) is 5.91 Å².